The fourth-order valence-electron chi connectivity index (χ4n) is 5.80. The first-order valence-corrected chi connectivity index (χ1v) is 11.1. The summed E-state index contributed by atoms with van der Waals surface area (Å²) in [6.45, 7) is 3.65. The van der Waals surface area contributed by atoms with E-state index >= 15 is 0 Å². The van der Waals surface area contributed by atoms with Crippen LogP contribution >= 0.6 is 0 Å². The average molecular weight is 455 g/mol. The number of fused-ring (bicyclic) bond motifs is 1. The van der Waals surface area contributed by atoms with Crippen molar-refractivity contribution in [3.8, 4) is 0 Å². The summed E-state index contributed by atoms with van der Waals surface area (Å²) in [6, 6.07) is 0.936. The number of azo groups is 1. The van der Waals surface area contributed by atoms with Gasteiger partial charge in [-0.05, 0) is 56.6 Å². The first-order chi connectivity index (χ1) is 15.1. The van der Waals surface area contributed by atoms with Crippen molar-refractivity contribution >= 4 is 11.6 Å². The normalized spacial score (nSPS) is 32.6. The average Bonchev–Trinajstić information content (AvgIpc) is 3.33. The number of halogens is 5. The number of nitrogens with zero attached hydrogens (tertiary/aromatic N) is 3. The molecule has 2 fully saturated rings. The fraction of sp³-hybridized carbons (Fsp3) is 0.609. The van der Waals surface area contributed by atoms with Crippen molar-refractivity contribution in [3.05, 3.63) is 41.5 Å². The maximum absolute atomic E-state index is 14.5. The minimum absolute atomic E-state index is 0.0127. The number of likely N-dealkylation sites (tertiary alicyclic amines) is 1. The topological polar surface area (TPSA) is 45.0 Å². The number of allylic oxidation sites excluding steroid dienone is 1. The van der Waals surface area contributed by atoms with Gasteiger partial charge in [-0.1, -0.05) is 25.5 Å². The zero-order chi connectivity index (χ0) is 23.3. The molecule has 1 amide bonds. The minimum Gasteiger partial charge on any atom is -0.330 e. The molecule has 1 aromatic carbocycles. The third-order valence-electron chi connectivity index (χ3n) is 7.49. The molecule has 0 N–H and O–H groups in total. The van der Waals surface area contributed by atoms with Gasteiger partial charge >= 0.3 is 6.18 Å². The first-order valence-electron chi connectivity index (χ1n) is 11.1. The van der Waals surface area contributed by atoms with Gasteiger partial charge in [0.25, 0.3) is 0 Å². The number of hydrogen-bond donors (Lipinski definition) is 0. The molecule has 1 saturated heterocycles. The lowest BCUT2D eigenvalue weighted by Gasteiger charge is -2.41. The van der Waals surface area contributed by atoms with Crippen LogP contribution in [-0.4, -0.2) is 35.6 Å². The van der Waals surface area contributed by atoms with Gasteiger partial charge in [-0.2, -0.15) is 23.4 Å². The van der Waals surface area contributed by atoms with Gasteiger partial charge in [-0.3, -0.25) is 4.79 Å². The molecule has 0 aromatic heterocycles. The highest BCUT2D eigenvalue weighted by Gasteiger charge is 2.60. The third-order valence-corrected chi connectivity index (χ3v) is 7.49. The lowest BCUT2D eigenvalue weighted by atomic mass is 9.68. The van der Waals surface area contributed by atoms with Gasteiger partial charge in [0.05, 0.1) is 22.7 Å². The maximum atomic E-state index is 14.5. The Hall–Kier alpha value is -2.32. The molecule has 2 heterocycles. The Labute approximate surface area is 183 Å². The standard InChI is InChI=1S/C23H26F5N3O/c1-3-14-9-10-22(21(32)31-11-5-8-19(31)23(26,27)28)13(2)29-30-18(12-15(14)22)20-16(24)6-4-7-17(20)25/h4,6-7,12-15,19H,3,5,8-11H2,1-2H3/t13?,14-,15-,19?,22?/m1/s1. The summed E-state index contributed by atoms with van der Waals surface area (Å²) in [5.41, 5.74) is -1.56. The van der Waals surface area contributed by atoms with Crippen LogP contribution < -0.4 is 0 Å². The number of rotatable bonds is 3. The number of benzene rings is 1. The van der Waals surface area contributed by atoms with Gasteiger partial charge in [0.1, 0.15) is 17.7 Å². The van der Waals surface area contributed by atoms with Crippen LogP contribution in [0.25, 0.3) is 5.70 Å². The van der Waals surface area contributed by atoms with Gasteiger partial charge in [0, 0.05) is 6.54 Å². The van der Waals surface area contributed by atoms with E-state index in [1.54, 1.807) is 13.0 Å². The molecule has 0 spiro atoms. The molecule has 174 valence electrons. The predicted octanol–water partition coefficient (Wildman–Crippen LogP) is 6.14. The SMILES string of the molecule is CC[C@@H]1CCC2(C(=O)N3CCCC3C(F)(F)F)C(C)N=NC(c3c(F)cccc3F)=C[C@H]12. The highest BCUT2D eigenvalue weighted by molar-refractivity contribution is 5.86. The molecule has 3 aliphatic rings. The van der Waals surface area contributed by atoms with E-state index in [1.165, 1.54) is 6.07 Å². The molecular weight excluding hydrogens is 429 g/mol. The maximum Gasteiger partial charge on any atom is 0.408 e. The van der Waals surface area contributed by atoms with Crippen LogP contribution in [0.1, 0.15) is 51.5 Å². The molecule has 9 heteroatoms. The molecule has 0 radical (unpaired) electrons. The Morgan fingerprint density at radius 1 is 1.22 bits per heavy atom. The van der Waals surface area contributed by atoms with Crippen molar-refractivity contribution in [2.75, 3.05) is 6.54 Å². The Kier molecular flexibility index (Phi) is 5.88. The van der Waals surface area contributed by atoms with Crippen LogP contribution in [0, 0.1) is 28.9 Å². The van der Waals surface area contributed by atoms with Gasteiger partial charge in [0.2, 0.25) is 5.91 Å². The predicted molar refractivity (Wildman–Crippen MR) is 108 cm³/mol. The molecule has 4 nitrogen and oxygen atoms in total. The Morgan fingerprint density at radius 2 is 1.91 bits per heavy atom. The van der Waals surface area contributed by atoms with E-state index in [4.69, 9.17) is 0 Å². The molecule has 32 heavy (non-hydrogen) atoms. The van der Waals surface area contributed by atoms with Crippen molar-refractivity contribution in [3.63, 3.8) is 0 Å². The van der Waals surface area contributed by atoms with Crippen molar-refractivity contribution in [1.82, 2.24) is 4.90 Å². The lowest BCUT2D eigenvalue weighted by Crippen LogP contribution is -2.55. The van der Waals surface area contributed by atoms with Crippen LogP contribution in [0.5, 0.6) is 0 Å². The van der Waals surface area contributed by atoms with E-state index in [0.29, 0.717) is 19.3 Å². The van der Waals surface area contributed by atoms with Gasteiger partial charge in [0.15, 0.2) is 0 Å². The number of carbonyl (C=O) groups is 1. The monoisotopic (exact) mass is 455 g/mol. The van der Waals surface area contributed by atoms with E-state index in [2.05, 4.69) is 10.2 Å². The zero-order valence-electron chi connectivity index (χ0n) is 18.0. The molecule has 5 atom stereocenters. The largest absolute Gasteiger partial charge is 0.408 e. The van der Waals surface area contributed by atoms with Gasteiger partial charge in [-0.25, -0.2) is 8.78 Å². The highest BCUT2D eigenvalue weighted by Crippen LogP contribution is 2.56. The molecule has 1 aromatic rings. The quantitative estimate of drug-likeness (QED) is 0.505. The second kappa shape index (κ2) is 8.23. The van der Waals surface area contributed by atoms with Crippen LogP contribution in [0.2, 0.25) is 0 Å². The van der Waals surface area contributed by atoms with Gasteiger partial charge in [-0.15, -0.1) is 0 Å². The summed E-state index contributed by atoms with van der Waals surface area (Å²) >= 11 is 0. The molecule has 2 aliphatic heterocycles. The highest BCUT2D eigenvalue weighted by atomic mass is 19.4. The fourth-order valence-corrected chi connectivity index (χ4v) is 5.80. The number of carbonyl (C=O) groups excluding carboxylic acids is 1. The third kappa shape index (κ3) is 3.53. The summed E-state index contributed by atoms with van der Waals surface area (Å²) in [6.07, 6.45) is -1.10. The van der Waals surface area contributed by atoms with Crippen molar-refractivity contribution in [2.24, 2.45) is 27.5 Å². The van der Waals surface area contributed by atoms with Crippen molar-refractivity contribution in [1.29, 1.82) is 0 Å². The first kappa shape index (κ1) is 22.9. The number of alkyl halides is 3. The smallest absolute Gasteiger partial charge is 0.330 e. The number of amides is 1. The summed E-state index contributed by atoms with van der Waals surface area (Å²) in [7, 11) is 0. The molecule has 4 rings (SSSR count). The van der Waals surface area contributed by atoms with E-state index in [1.807, 2.05) is 6.92 Å². The lowest BCUT2D eigenvalue weighted by molar-refractivity contribution is -0.188. The summed E-state index contributed by atoms with van der Waals surface area (Å²) < 4.78 is 69.9. The molecule has 0 bridgehead atoms. The Morgan fingerprint density at radius 3 is 2.53 bits per heavy atom. The molecular formula is C23H26F5N3O. The second-order valence-corrected chi connectivity index (χ2v) is 9.01. The Balaban J connectivity index is 1.82. The summed E-state index contributed by atoms with van der Waals surface area (Å²) in [5, 5.41) is 8.30. The van der Waals surface area contributed by atoms with Crippen molar-refractivity contribution < 1.29 is 26.7 Å². The molecule has 3 unspecified atom stereocenters. The molecule has 1 aliphatic carbocycles. The Bertz CT molecular complexity index is 939. The minimum atomic E-state index is -4.51. The summed E-state index contributed by atoms with van der Waals surface area (Å²) in [4.78, 5) is 14.8. The van der Waals surface area contributed by atoms with E-state index in [9.17, 15) is 26.7 Å². The van der Waals surface area contributed by atoms with Crippen LogP contribution in [0.15, 0.2) is 34.5 Å². The van der Waals surface area contributed by atoms with Crippen molar-refractivity contribution in [2.45, 2.75) is 64.2 Å². The van der Waals surface area contributed by atoms with Crippen LogP contribution in [0.3, 0.4) is 0 Å². The van der Waals surface area contributed by atoms with E-state index in [-0.39, 0.29) is 36.6 Å². The van der Waals surface area contributed by atoms with Crippen LogP contribution in [0.4, 0.5) is 22.0 Å². The second-order valence-electron chi connectivity index (χ2n) is 9.01. The zero-order valence-corrected chi connectivity index (χ0v) is 18.0. The van der Waals surface area contributed by atoms with Gasteiger partial charge < -0.3 is 4.90 Å². The van der Waals surface area contributed by atoms with E-state index < -0.39 is 47.1 Å². The molecule has 1 saturated carbocycles. The summed E-state index contributed by atoms with van der Waals surface area (Å²) in [5.74, 6) is -2.72. The van der Waals surface area contributed by atoms with E-state index in [0.717, 1.165) is 17.0 Å². The van der Waals surface area contributed by atoms with Crippen LogP contribution in [-0.2, 0) is 4.79 Å². The number of hydrogen-bond acceptors (Lipinski definition) is 3.